The van der Waals surface area contributed by atoms with Gasteiger partial charge in [-0.15, -0.1) is 0 Å². The third-order valence-electron chi connectivity index (χ3n) is 2.13. The number of benzene rings is 2. The van der Waals surface area contributed by atoms with Crippen LogP contribution in [-0.2, 0) is 20.7 Å². The maximum absolute atomic E-state index is 7.50. The van der Waals surface area contributed by atoms with Crippen molar-refractivity contribution in [3.63, 3.8) is 0 Å². The monoisotopic (exact) mass is 361 g/mol. The minimum atomic E-state index is -0.973. The largest absolute Gasteiger partial charge is 1.00 e. The van der Waals surface area contributed by atoms with Crippen LogP contribution in [0.15, 0.2) is 73.3 Å². The van der Waals surface area contributed by atoms with Gasteiger partial charge in [-0.2, -0.15) is 9.90 Å². The van der Waals surface area contributed by atoms with E-state index < -0.39 is 16.0 Å². The molecule has 0 aliphatic heterocycles. The summed E-state index contributed by atoms with van der Waals surface area (Å²) >= 11 is -0.973. The summed E-state index contributed by atoms with van der Waals surface area (Å²) in [6.07, 6.45) is 2.05. The Hall–Kier alpha value is -1.10. The average molecular weight is 361 g/mol. The summed E-state index contributed by atoms with van der Waals surface area (Å²) in [4.78, 5) is 7.50. The van der Waals surface area contributed by atoms with Gasteiger partial charge in [-0.25, -0.2) is 0 Å². The van der Waals surface area contributed by atoms with Gasteiger partial charge in [-0.05, 0) is 0 Å². The van der Waals surface area contributed by atoms with Crippen molar-refractivity contribution >= 4 is 25.0 Å². The van der Waals surface area contributed by atoms with E-state index in [-0.39, 0.29) is 11.3 Å². The van der Waals surface area contributed by atoms with Crippen LogP contribution >= 0.6 is 9.90 Å². The molecule has 0 spiro atoms. The van der Waals surface area contributed by atoms with E-state index in [2.05, 4.69) is 74.0 Å². The van der Waals surface area contributed by atoms with Crippen LogP contribution in [0.5, 0.6) is 0 Å². The van der Waals surface area contributed by atoms with Crippen LogP contribution in [0.1, 0.15) is 1.43 Å². The van der Waals surface area contributed by atoms with Crippen molar-refractivity contribution in [1.82, 2.24) is 0 Å². The molecule has 1 nitrogen and oxygen atoms in total. The summed E-state index contributed by atoms with van der Waals surface area (Å²) in [6.45, 7) is 8.38. The summed E-state index contributed by atoms with van der Waals surface area (Å²) in [5.41, 5.74) is 0. The van der Waals surface area contributed by atoms with Crippen molar-refractivity contribution < 1.29 is 22.2 Å². The Balaban J connectivity index is 0. The van der Waals surface area contributed by atoms with E-state index in [1.807, 2.05) is 6.08 Å². The van der Waals surface area contributed by atoms with Crippen molar-refractivity contribution in [2.24, 2.45) is 0 Å². The van der Waals surface area contributed by atoms with Crippen molar-refractivity contribution in [3.8, 4) is 0 Å². The Morgan fingerprint density at radius 1 is 0.947 bits per heavy atom. The van der Waals surface area contributed by atoms with Crippen LogP contribution in [0.25, 0.3) is 0 Å². The summed E-state index contributed by atoms with van der Waals surface area (Å²) < 4.78 is 2.97. The van der Waals surface area contributed by atoms with Gasteiger partial charge in [0.2, 0.25) is 0 Å². The maximum Gasteiger partial charge on any atom is 0.281 e. The fourth-order valence-electron chi connectivity index (χ4n) is 1.44. The molecule has 0 aromatic heterocycles. The third kappa shape index (κ3) is 5.60. The first-order valence-electron chi connectivity index (χ1n) is 5.41. The molecule has 1 atom stereocenters. The Kier molecular flexibility index (Phi) is 10.2. The fraction of sp³-hybridized carbons (Fsp3) is 0.0625. The molecule has 0 fully saturated rings. The van der Waals surface area contributed by atoms with Crippen LogP contribution in [0.2, 0.25) is 5.02 Å². The Morgan fingerprint density at radius 2 is 1.32 bits per heavy atom. The standard InChI is InChI=1S/2C6H5.C3H5.CO.H3P.Rh.H/c2*1-2-4-6-5-3-1;1-3-2;1-2;;;/h2*1-5H;3H,1-2H2;;1H3;;/q;;;;;;-1. The second-order valence-corrected chi connectivity index (χ2v) is 7.41. The topological polar surface area (TPSA) is 17.1 Å². The molecule has 0 bridgehead atoms. The van der Waals surface area contributed by atoms with Gasteiger partial charge >= 0.3 is 103 Å². The molecule has 0 aliphatic rings. The molecular weight excluding hydrogens is 342 g/mol. The molecular formula is C16H19OPRh-. The smallest absolute Gasteiger partial charge is 0.281 e. The predicted molar refractivity (Wildman–Crippen MR) is 85.1 cm³/mol. The van der Waals surface area contributed by atoms with Gasteiger partial charge < -0.3 is 1.43 Å². The summed E-state index contributed by atoms with van der Waals surface area (Å²) in [6, 6.07) is 21.6. The first kappa shape index (κ1) is 17.9. The number of allylic oxidation sites excluding steroid dienone is 1. The summed E-state index contributed by atoms with van der Waals surface area (Å²) in [7, 11) is 0. The second kappa shape index (κ2) is 10.8. The Bertz CT molecular complexity index is 425. The molecule has 19 heavy (non-hydrogen) atoms. The number of hydrogen-bond donors (Lipinski definition) is 0. The molecule has 0 saturated heterocycles. The Morgan fingerprint density at radius 3 is 1.63 bits per heavy atom. The number of carbonyl (C=O) groups excluding carboxylic acids is 1. The summed E-state index contributed by atoms with van der Waals surface area (Å²) in [5.74, 6) is 0. The van der Waals surface area contributed by atoms with E-state index in [4.69, 9.17) is 4.79 Å². The van der Waals surface area contributed by atoms with E-state index >= 15 is 0 Å². The maximum atomic E-state index is 7.50. The van der Waals surface area contributed by atoms with Crippen LogP contribution < -0.4 is 8.32 Å². The fourth-order valence-corrected chi connectivity index (χ4v) is 5.19. The van der Waals surface area contributed by atoms with Gasteiger partial charge in [-0.1, -0.05) is 0 Å². The van der Waals surface area contributed by atoms with E-state index in [1.54, 1.807) is 0 Å². The zero-order valence-electron chi connectivity index (χ0n) is 11.7. The van der Waals surface area contributed by atoms with Crippen LogP contribution in [0.3, 0.4) is 0 Å². The van der Waals surface area contributed by atoms with Crippen LogP contribution in [-0.4, -0.2) is 6.79 Å². The van der Waals surface area contributed by atoms with E-state index in [0.717, 1.165) is 5.02 Å². The zero-order valence-corrected chi connectivity index (χ0v) is 13.8. The van der Waals surface area contributed by atoms with Crippen molar-refractivity contribution in [2.45, 2.75) is 5.02 Å². The van der Waals surface area contributed by atoms with Gasteiger partial charge in [0.25, 0.3) is 6.79 Å². The molecule has 0 amide bonds. The molecule has 0 N–H and O–H groups in total. The molecule has 2 aromatic carbocycles. The first-order valence-corrected chi connectivity index (χ1v) is 8.21. The number of rotatable bonds is 4. The predicted octanol–water partition coefficient (Wildman–Crippen LogP) is 2.63. The molecule has 1 unspecified atom stereocenters. The summed E-state index contributed by atoms with van der Waals surface area (Å²) in [5, 5.41) is 1.11. The van der Waals surface area contributed by atoms with Crippen LogP contribution in [0, 0.1) is 0 Å². The van der Waals surface area contributed by atoms with E-state index in [1.165, 1.54) is 8.32 Å². The Labute approximate surface area is 125 Å². The van der Waals surface area contributed by atoms with Crippen molar-refractivity contribution in [3.05, 3.63) is 73.3 Å². The number of hydrogen-bond acceptors (Lipinski definition) is 1. The second-order valence-electron chi connectivity index (χ2n) is 3.28. The molecule has 0 saturated carbocycles. The molecule has 2 aromatic rings. The first-order chi connectivity index (χ1) is 8.92. The SMILES string of the molecule is C=C[CH2][Rh]([c]1ccccc1)[c]1ccccc1.P.[C]=O.[H-]. The molecule has 2 rings (SSSR count). The van der Waals surface area contributed by atoms with Gasteiger partial charge in [0.15, 0.2) is 0 Å². The van der Waals surface area contributed by atoms with Gasteiger partial charge in [0.05, 0.1) is 0 Å². The quantitative estimate of drug-likeness (QED) is 0.465. The third-order valence-corrected chi connectivity index (χ3v) is 6.65. The normalized spacial score (nSPS) is 9.37. The molecule has 3 heteroatoms. The van der Waals surface area contributed by atoms with Crippen LogP contribution in [0.4, 0.5) is 0 Å². The molecule has 2 radical (unpaired) electrons. The van der Waals surface area contributed by atoms with E-state index in [0.29, 0.717) is 0 Å². The van der Waals surface area contributed by atoms with Crippen molar-refractivity contribution in [1.29, 1.82) is 0 Å². The minimum Gasteiger partial charge on any atom is -1.00 e. The van der Waals surface area contributed by atoms with Gasteiger partial charge in [0.1, 0.15) is 0 Å². The molecule has 0 heterocycles. The average Bonchev–Trinajstić information content (AvgIpc) is 2.49. The van der Waals surface area contributed by atoms with Gasteiger partial charge in [-0.3, -0.25) is 4.79 Å². The molecule has 0 aliphatic carbocycles. The minimum absolute atomic E-state index is 0. The zero-order chi connectivity index (χ0) is 13.2. The van der Waals surface area contributed by atoms with Gasteiger partial charge in [0, 0.05) is 0 Å². The van der Waals surface area contributed by atoms with E-state index in [9.17, 15) is 0 Å². The van der Waals surface area contributed by atoms with Crippen molar-refractivity contribution in [2.75, 3.05) is 0 Å². The molecule has 104 valence electrons.